The molecule has 1 aliphatic heterocycles. The third kappa shape index (κ3) is 0.925. The van der Waals surface area contributed by atoms with Crippen LogP contribution in [0, 0.1) is 0 Å². The van der Waals surface area contributed by atoms with Gasteiger partial charge in [-0.25, -0.2) is 4.79 Å². The molecule has 2 heterocycles. The van der Waals surface area contributed by atoms with E-state index < -0.39 is 17.8 Å². The van der Waals surface area contributed by atoms with Crippen LogP contribution in [0.2, 0.25) is 0 Å². The molecule has 2 amide bonds. The van der Waals surface area contributed by atoms with Gasteiger partial charge in [0.15, 0.2) is 0 Å². The smallest absolute Gasteiger partial charge is 0.348 e. The van der Waals surface area contributed by atoms with E-state index in [1.165, 1.54) is 0 Å². The topological polar surface area (TPSA) is 109 Å². The van der Waals surface area contributed by atoms with Crippen molar-refractivity contribution in [3.8, 4) is 0 Å². The molecule has 0 unspecified atom stereocenters. The number of carbonyl (C=O) groups excluding carboxylic acids is 2. The van der Waals surface area contributed by atoms with Crippen molar-refractivity contribution in [2.75, 3.05) is 5.73 Å². The molecule has 0 saturated heterocycles. The van der Waals surface area contributed by atoms with Gasteiger partial charge in [-0.2, -0.15) is 0 Å². The molecule has 0 radical (unpaired) electrons. The lowest BCUT2D eigenvalue weighted by atomic mass is 10.2. The number of rotatable bonds is 1. The number of imide groups is 1. The van der Waals surface area contributed by atoms with E-state index >= 15 is 0 Å². The maximum atomic E-state index is 11.1. The maximum Gasteiger partial charge on any atom is 0.348 e. The second kappa shape index (κ2) is 2.55. The number of hydrogen-bond acceptors (Lipinski definition) is 5. The first-order valence-electron chi connectivity index (χ1n) is 3.53. The number of thiophene rings is 1. The second-order valence-corrected chi connectivity index (χ2v) is 3.66. The van der Waals surface area contributed by atoms with Gasteiger partial charge >= 0.3 is 5.97 Å². The highest BCUT2D eigenvalue weighted by Gasteiger charge is 2.35. The number of anilines is 1. The summed E-state index contributed by atoms with van der Waals surface area (Å²) in [5, 5.41) is 10.7. The van der Waals surface area contributed by atoms with Crippen LogP contribution in [0.3, 0.4) is 0 Å². The Morgan fingerprint density at radius 2 is 2.00 bits per heavy atom. The van der Waals surface area contributed by atoms with Gasteiger partial charge in [-0.3, -0.25) is 14.9 Å². The average Bonchev–Trinajstić information content (AvgIpc) is 2.54. The summed E-state index contributed by atoms with van der Waals surface area (Å²) in [6.07, 6.45) is 0. The largest absolute Gasteiger partial charge is 0.477 e. The fourth-order valence-corrected chi connectivity index (χ4v) is 2.16. The third-order valence-corrected chi connectivity index (χ3v) is 2.99. The molecule has 0 spiro atoms. The monoisotopic (exact) mass is 212 g/mol. The molecule has 4 N–H and O–H groups in total. The lowest BCUT2D eigenvalue weighted by molar-refractivity contribution is 0.0703. The van der Waals surface area contributed by atoms with Crippen LogP contribution < -0.4 is 11.1 Å². The summed E-state index contributed by atoms with van der Waals surface area (Å²) in [5.41, 5.74) is 5.27. The van der Waals surface area contributed by atoms with E-state index in [1.54, 1.807) is 0 Å². The number of amides is 2. The number of nitrogen functional groups attached to an aromatic ring is 1. The zero-order valence-electron chi connectivity index (χ0n) is 6.66. The Hall–Kier alpha value is -1.89. The van der Waals surface area contributed by atoms with Crippen LogP contribution in [0.25, 0.3) is 0 Å². The number of carbonyl (C=O) groups is 3. The molecular weight excluding hydrogens is 208 g/mol. The Morgan fingerprint density at radius 1 is 1.36 bits per heavy atom. The van der Waals surface area contributed by atoms with Gasteiger partial charge in [0.25, 0.3) is 11.8 Å². The van der Waals surface area contributed by atoms with Crippen molar-refractivity contribution < 1.29 is 19.5 Å². The summed E-state index contributed by atoms with van der Waals surface area (Å²) in [6.45, 7) is 0. The Labute approximate surface area is 81.3 Å². The molecule has 0 aliphatic carbocycles. The SMILES string of the molecule is Nc1c(C(=O)O)sc2c1C(=O)NC2=O. The summed E-state index contributed by atoms with van der Waals surface area (Å²) < 4.78 is 0. The van der Waals surface area contributed by atoms with Gasteiger partial charge in [0, 0.05) is 0 Å². The van der Waals surface area contributed by atoms with Gasteiger partial charge < -0.3 is 10.8 Å². The molecule has 6 nitrogen and oxygen atoms in total. The van der Waals surface area contributed by atoms with E-state index in [-0.39, 0.29) is 21.0 Å². The number of nitrogens with one attached hydrogen (secondary N) is 1. The molecule has 1 aliphatic rings. The van der Waals surface area contributed by atoms with Crippen molar-refractivity contribution in [3.63, 3.8) is 0 Å². The van der Waals surface area contributed by atoms with Crippen molar-refractivity contribution in [3.05, 3.63) is 15.3 Å². The van der Waals surface area contributed by atoms with Gasteiger partial charge in [0.05, 0.1) is 11.3 Å². The summed E-state index contributed by atoms with van der Waals surface area (Å²) in [6, 6.07) is 0. The lowest BCUT2D eigenvalue weighted by Crippen LogP contribution is -2.21. The Morgan fingerprint density at radius 3 is 2.50 bits per heavy atom. The van der Waals surface area contributed by atoms with Gasteiger partial charge in [-0.15, -0.1) is 11.3 Å². The number of hydrogen-bond donors (Lipinski definition) is 3. The Balaban J connectivity index is 2.70. The normalized spacial score (nSPS) is 14.0. The summed E-state index contributed by atoms with van der Waals surface area (Å²) in [7, 11) is 0. The minimum atomic E-state index is -1.23. The van der Waals surface area contributed by atoms with Gasteiger partial charge in [0.2, 0.25) is 0 Å². The van der Waals surface area contributed by atoms with Crippen LogP contribution in [0.15, 0.2) is 0 Å². The molecule has 0 atom stereocenters. The van der Waals surface area contributed by atoms with Crippen molar-refractivity contribution >= 4 is 34.8 Å². The summed E-state index contributed by atoms with van der Waals surface area (Å²) in [5.74, 6) is -2.46. The predicted molar refractivity (Wildman–Crippen MR) is 47.5 cm³/mol. The summed E-state index contributed by atoms with van der Waals surface area (Å²) in [4.78, 5) is 32.8. The molecular formula is C7H4N2O4S. The molecule has 0 fully saturated rings. The molecule has 2 rings (SSSR count). The number of carboxylic acids is 1. The first-order chi connectivity index (χ1) is 6.52. The van der Waals surface area contributed by atoms with E-state index in [0.29, 0.717) is 11.3 Å². The summed E-state index contributed by atoms with van der Waals surface area (Å²) >= 11 is 0.711. The van der Waals surface area contributed by atoms with Crippen LogP contribution in [-0.4, -0.2) is 22.9 Å². The predicted octanol–water partition coefficient (Wildman–Crippen LogP) is -0.0879. The third-order valence-electron chi connectivity index (χ3n) is 1.80. The van der Waals surface area contributed by atoms with Gasteiger partial charge in [-0.05, 0) is 0 Å². The highest BCUT2D eigenvalue weighted by atomic mass is 32.1. The van der Waals surface area contributed by atoms with Gasteiger partial charge in [-0.1, -0.05) is 0 Å². The van der Waals surface area contributed by atoms with Crippen molar-refractivity contribution in [2.24, 2.45) is 0 Å². The fourth-order valence-electron chi connectivity index (χ4n) is 1.21. The number of carboxylic acid groups (broad SMARTS) is 1. The molecule has 7 heteroatoms. The number of nitrogens with two attached hydrogens (primary N) is 1. The Kier molecular flexibility index (Phi) is 1.58. The van der Waals surface area contributed by atoms with Gasteiger partial charge in [0.1, 0.15) is 9.75 Å². The first kappa shape index (κ1) is 8.70. The lowest BCUT2D eigenvalue weighted by Gasteiger charge is -1.94. The standard InChI is InChI=1S/C7H4N2O4S/c8-2-1-3(6(11)9-5(1)10)14-4(2)7(12)13/h8H2,(H,12,13)(H,9,10,11). The quantitative estimate of drug-likeness (QED) is 0.563. The second-order valence-electron chi connectivity index (χ2n) is 2.64. The molecule has 0 aromatic carbocycles. The van der Waals surface area contributed by atoms with Crippen LogP contribution in [0.5, 0.6) is 0 Å². The van der Waals surface area contributed by atoms with E-state index in [4.69, 9.17) is 10.8 Å². The van der Waals surface area contributed by atoms with E-state index in [1.807, 2.05) is 5.32 Å². The van der Waals surface area contributed by atoms with Crippen LogP contribution in [0.1, 0.15) is 29.7 Å². The molecule has 1 aromatic heterocycles. The molecule has 0 saturated carbocycles. The van der Waals surface area contributed by atoms with Crippen molar-refractivity contribution in [2.45, 2.75) is 0 Å². The van der Waals surface area contributed by atoms with E-state index in [0.717, 1.165) is 0 Å². The number of aromatic carboxylic acids is 1. The van der Waals surface area contributed by atoms with Crippen molar-refractivity contribution in [1.29, 1.82) is 0 Å². The molecule has 1 aromatic rings. The zero-order chi connectivity index (χ0) is 10.5. The van der Waals surface area contributed by atoms with Crippen LogP contribution in [-0.2, 0) is 0 Å². The fraction of sp³-hybridized carbons (Fsp3) is 0. The minimum Gasteiger partial charge on any atom is -0.477 e. The van der Waals surface area contributed by atoms with E-state index in [2.05, 4.69) is 0 Å². The minimum absolute atomic E-state index is 0.0163. The highest BCUT2D eigenvalue weighted by molar-refractivity contribution is 7.17. The molecule has 72 valence electrons. The van der Waals surface area contributed by atoms with Crippen LogP contribution >= 0.6 is 11.3 Å². The van der Waals surface area contributed by atoms with Crippen LogP contribution in [0.4, 0.5) is 5.69 Å². The number of fused-ring (bicyclic) bond motifs is 1. The Bertz CT molecular complexity index is 476. The average molecular weight is 212 g/mol. The molecule has 14 heavy (non-hydrogen) atoms. The molecule has 0 bridgehead atoms. The first-order valence-corrected chi connectivity index (χ1v) is 4.35. The maximum absolute atomic E-state index is 11.1. The zero-order valence-corrected chi connectivity index (χ0v) is 7.47. The van der Waals surface area contributed by atoms with Crippen molar-refractivity contribution in [1.82, 2.24) is 5.32 Å². The van der Waals surface area contributed by atoms with E-state index in [9.17, 15) is 14.4 Å². The highest BCUT2D eigenvalue weighted by Crippen LogP contribution is 2.33.